The molecule has 2 fully saturated rings. The first kappa shape index (κ1) is 19.3. The number of aromatic nitrogens is 2. The highest BCUT2D eigenvalue weighted by Gasteiger charge is 2.65. The van der Waals surface area contributed by atoms with E-state index in [4.69, 9.17) is 4.74 Å². The molecule has 1 saturated carbocycles. The van der Waals surface area contributed by atoms with E-state index in [9.17, 15) is 0 Å². The molecule has 3 heterocycles. The van der Waals surface area contributed by atoms with Gasteiger partial charge in [0.15, 0.2) is 0 Å². The number of nitrogens with one attached hydrogen (secondary N) is 1. The number of benzene rings is 1. The Kier molecular flexibility index (Phi) is 3.76. The van der Waals surface area contributed by atoms with Crippen LogP contribution in [0.2, 0.25) is 0 Å². The first-order chi connectivity index (χ1) is 15.4. The standard InChI is InChI=1S/C28H33N3O/c1-26-11-10-21-15-20-6-7-22(31(2)3)16-27(20)12-13-28(21,32-27)25(26)9-8-23(26)18-4-5-19-17-29-30-24(19)14-18/h4-5,8,10,14-15,17,22,25H,6-7,9,11-13,16H2,1-3H3,(H,29,30)/t22?,25-,26-,27-,28-/m1/s1. The molecule has 4 nitrogen and oxygen atoms in total. The summed E-state index contributed by atoms with van der Waals surface area (Å²) in [5.74, 6) is 0.513. The summed E-state index contributed by atoms with van der Waals surface area (Å²) in [6.45, 7) is 2.49. The zero-order valence-corrected chi connectivity index (χ0v) is 19.4. The van der Waals surface area contributed by atoms with Crippen molar-refractivity contribution in [3.05, 3.63) is 59.3 Å². The van der Waals surface area contributed by atoms with Gasteiger partial charge in [0.05, 0.1) is 22.9 Å². The van der Waals surface area contributed by atoms with Crippen molar-refractivity contribution in [3.63, 3.8) is 0 Å². The second-order valence-corrected chi connectivity index (χ2v) is 11.4. The Morgan fingerprint density at radius 2 is 2.09 bits per heavy atom. The second-order valence-electron chi connectivity index (χ2n) is 11.4. The predicted octanol–water partition coefficient (Wildman–Crippen LogP) is 5.64. The Balaban J connectivity index is 1.29. The number of aromatic amines is 1. The van der Waals surface area contributed by atoms with Crippen LogP contribution in [-0.2, 0) is 4.74 Å². The monoisotopic (exact) mass is 427 g/mol. The Hall–Kier alpha value is -2.17. The van der Waals surface area contributed by atoms with Crippen molar-refractivity contribution in [2.75, 3.05) is 14.1 Å². The number of H-pyrrole nitrogens is 1. The molecule has 7 rings (SSSR count). The van der Waals surface area contributed by atoms with E-state index in [0.717, 1.165) is 24.8 Å². The van der Waals surface area contributed by atoms with Gasteiger partial charge in [0, 0.05) is 22.8 Å². The van der Waals surface area contributed by atoms with Crippen LogP contribution in [0.4, 0.5) is 0 Å². The average molecular weight is 428 g/mol. The molecule has 1 aromatic heterocycles. The average Bonchev–Trinajstić information content (AvgIpc) is 3.47. The van der Waals surface area contributed by atoms with E-state index in [1.54, 1.807) is 5.57 Å². The van der Waals surface area contributed by atoms with E-state index in [0.29, 0.717) is 12.0 Å². The second kappa shape index (κ2) is 6.24. The lowest BCUT2D eigenvalue weighted by Gasteiger charge is -2.54. The molecule has 1 saturated heterocycles. The molecule has 1 N–H and O–H groups in total. The van der Waals surface area contributed by atoms with Crippen LogP contribution in [0.15, 0.2) is 53.8 Å². The van der Waals surface area contributed by atoms with Crippen LogP contribution in [0.3, 0.4) is 0 Å². The number of hydrogen-bond acceptors (Lipinski definition) is 3. The smallest absolute Gasteiger partial charge is 0.0980 e. The molecule has 5 aliphatic rings. The maximum atomic E-state index is 7.37. The first-order valence-electron chi connectivity index (χ1n) is 12.4. The predicted molar refractivity (Wildman–Crippen MR) is 128 cm³/mol. The highest BCUT2D eigenvalue weighted by Crippen LogP contribution is 2.67. The van der Waals surface area contributed by atoms with E-state index in [1.165, 1.54) is 47.8 Å². The fourth-order valence-electron chi connectivity index (χ4n) is 7.96. The van der Waals surface area contributed by atoms with Gasteiger partial charge >= 0.3 is 0 Å². The number of rotatable bonds is 2. The SMILES string of the molecule is CN(C)C1CCC2=CC3=CC[C@]4(C)C(c5ccc6cn[nH]c6c5)=CC[C@H]4[C@@]34CC[C@]2(C1)O4. The maximum Gasteiger partial charge on any atom is 0.0980 e. The molecule has 5 atom stereocenters. The molecule has 2 aliphatic heterocycles. The molecule has 3 aliphatic carbocycles. The summed E-state index contributed by atoms with van der Waals surface area (Å²) in [4.78, 5) is 2.41. The lowest BCUT2D eigenvalue weighted by atomic mass is 9.58. The summed E-state index contributed by atoms with van der Waals surface area (Å²) in [5, 5.41) is 8.56. The van der Waals surface area contributed by atoms with Gasteiger partial charge in [-0.15, -0.1) is 0 Å². The van der Waals surface area contributed by atoms with Crippen LogP contribution in [0, 0.1) is 11.3 Å². The van der Waals surface area contributed by atoms with Crippen molar-refractivity contribution < 1.29 is 4.74 Å². The Morgan fingerprint density at radius 1 is 1.19 bits per heavy atom. The van der Waals surface area contributed by atoms with Gasteiger partial charge in [0.25, 0.3) is 0 Å². The van der Waals surface area contributed by atoms with Crippen LogP contribution >= 0.6 is 0 Å². The van der Waals surface area contributed by atoms with Gasteiger partial charge in [0.2, 0.25) is 0 Å². The minimum atomic E-state index is -0.110. The first-order valence-corrected chi connectivity index (χ1v) is 12.4. The number of fused-ring (bicyclic) bond motifs is 2. The van der Waals surface area contributed by atoms with Crippen molar-refractivity contribution in [3.8, 4) is 0 Å². The van der Waals surface area contributed by atoms with Gasteiger partial charge < -0.3 is 9.64 Å². The summed E-state index contributed by atoms with van der Waals surface area (Å²) >= 11 is 0. The summed E-state index contributed by atoms with van der Waals surface area (Å²) in [6.07, 6.45) is 17.7. The fraction of sp³-hybridized carbons (Fsp3) is 0.536. The Morgan fingerprint density at radius 3 is 2.97 bits per heavy atom. The molecule has 166 valence electrons. The van der Waals surface area contributed by atoms with Crippen molar-refractivity contribution in [2.45, 2.75) is 69.1 Å². The van der Waals surface area contributed by atoms with Gasteiger partial charge in [-0.1, -0.05) is 37.3 Å². The van der Waals surface area contributed by atoms with Gasteiger partial charge in [0.1, 0.15) is 0 Å². The van der Waals surface area contributed by atoms with Crippen LogP contribution in [0.25, 0.3) is 16.5 Å². The third-order valence-corrected chi connectivity index (χ3v) is 9.73. The molecule has 0 amide bonds. The Labute approximate surface area is 190 Å². The van der Waals surface area contributed by atoms with Crippen molar-refractivity contribution in [1.82, 2.24) is 15.1 Å². The minimum absolute atomic E-state index is 0.0274. The van der Waals surface area contributed by atoms with E-state index in [1.807, 2.05) is 6.20 Å². The van der Waals surface area contributed by atoms with E-state index in [-0.39, 0.29) is 16.6 Å². The van der Waals surface area contributed by atoms with Gasteiger partial charge in [-0.05, 0) is 87.4 Å². The van der Waals surface area contributed by atoms with Gasteiger partial charge in [-0.25, -0.2) is 0 Å². The van der Waals surface area contributed by atoms with E-state index < -0.39 is 0 Å². The summed E-state index contributed by atoms with van der Waals surface area (Å²) < 4.78 is 7.37. The van der Waals surface area contributed by atoms with Crippen molar-refractivity contribution >= 4 is 16.5 Å². The summed E-state index contributed by atoms with van der Waals surface area (Å²) in [6, 6.07) is 7.40. The third kappa shape index (κ3) is 2.32. The normalized spacial score (nSPS) is 39.9. The molecule has 32 heavy (non-hydrogen) atoms. The lowest BCUT2D eigenvalue weighted by Crippen LogP contribution is -2.54. The van der Waals surface area contributed by atoms with Crippen LogP contribution < -0.4 is 0 Å². The topological polar surface area (TPSA) is 41.2 Å². The van der Waals surface area contributed by atoms with Crippen molar-refractivity contribution in [1.29, 1.82) is 0 Å². The molecular weight excluding hydrogens is 394 g/mol. The number of hydrogen-bond donors (Lipinski definition) is 1. The maximum absolute atomic E-state index is 7.37. The quantitative estimate of drug-likeness (QED) is 0.674. The van der Waals surface area contributed by atoms with Crippen LogP contribution in [0.1, 0.15) is 57.4 Å². The molecule has 0 radical (unpaired) electrons. The van der Waals surface area contributed by atoms with Crippen LogP contribution in [0.5, 0.6) is 0 Å². The molecule has 1 aromatic carbocycles. The van der Waals surface area contributed by atoms with E-state index >= 15 is 0 Å². The minimum Gasteiger partial charge on any atom is -0.359 e. The zero-order valence-electron chi connectivity index (χ0n) is 19.4. The highest BCUT2D eigenvalue weighted by molar-refractivity contribution is 5.84. The van der Waals surface area contributed by atoms with Crippen LogP contribution in [-0.4, -0.2) is 46.4 Å². The Bertz CT molecular complexity index is 1220. The van der Waals surface area contributed by atoms with E-state index in [2.05, 4.69) is 72.5 Å². The third-order valence-electron chi connectivity index (χ3n) is 9.73. The molecular formula is C28H33N3O. The lowest BCUT2D eigenvalue weighted by molar-refractivity contribution is -0.134. The molecule has 2 spiro atoms. The van der Waals surface area contributed by atoms with Gasteiger partial charge in [-0.2, -0.15) is 5.10 Å². The summed E-state index contributed by atoms with van der Waals surface area (Å²) in [7, 11) is 4.46. The molecule has 2 aromatic rings. The summed E-state index contributed by atoms with van der Waals surface area (Å²) in [5.41, 5.74) is 7.01. The number of ether oxygens (including phenoxy) is 1. The molecule has 4 heteroatoms. The largest absolute Gasteiger partial charge is 0.359 e. The fourth-order valence-corrected chi connectivity index (χ4v) is 7.96. The van der Waals surface area contributed by atoms with Crippen molar-refractivity contribution in [2.24, 2.45) is 11.3 Å². The van der Waals surface area contributed by atoms with Gasteiger partial charge in [-0.3, -0.25) is 5.10 Å². The molecule has 2 bridgehead atoms. The number of allylic oxidation sites excluding steroid dienone is 3. The molecule has 1 unspecified atom stereocenters. The number of nitrogens with zero attached hydrogens (tertiary/aromatic N) is 2. The highest BCUT2D eigenvalue weighted by atomic mass is 16.5. The zero-order chi connectivity index (χ0) is 21.7.